The monoisotopic (exact) mass is 278 g/mol. The Morgan fingerprint density at radius 3 is 2.95 bits per heavy atom. The van der Waals surface area contributed by atoms with Gasteiger partial charge in [-0.15, -0.1) is 0 Å². The van der Waals surface area contributed by atoms with Crippen molar-refractivity contribution in [2.45, 2.75) is 63.6 Å². The molecule has 5 atom stereocenters. The van der Waals surface area contributed by atoms with Crippen molar-refractivity contribution in [1.29, 1.82) is 0 Å². The van der Waals surface area contributed by atoms with E-state index < -0.39 is 0 Å². The molecular weight excluding hydrogens is 252 g/mol. The molecule has 112 valence electrons. The van der Waals surface area contributed by atoms with E-state index in [-0.39, 0.29) is 11.6 Å². The SMILES string of the molecule is COC(=O)C[C@]1(C)O[C@@H]2CCCC[C@@H]2[C@@H]2C=CCC[C@@H]21. The largest absolute Gasteiger partial charge is 0.469 e. The molecule has 2 fully saturated rings. The van der Waals surface area contributed by atoms with E-state index in [1.807, 2.05) is 0 Å². The van der Waals surface area contributed by atoms with Crippen molar-refractivity contribution >= 4 is 5.97 Å². The summed E-state index contributed by atoms with van der Waals surface area (Å²) in [4.78, 5) is 11.8. The fourth-order valence-corrected chi connectivity index (χ4v) is 4.69. The summed E-state index contributed by atoms with van der Waals surface area (Å²) in [5, 5.41) is 0. The maximum Gasteiger partial charge on any atom is 0.308 e. The predicted molar refractivity (Wildman–Crippen MR) is 77.2 cm³/mol. The van der Waals surface area contributed by atoms with Crippen LogP contribution in [-0.4, -0.2) is 24.8 Å². The zero-order valence-electron chi connectivity index (χ0n) is 12.6. The molecule has 1 saturated carbocycles. The van der Waals surface area contributed by atoms with Crippen LogP contribution >= 0.6 is 0 Å². The average Bonchev–Trinajstić information content (AvgIpc) is 2.47. The standard InChI is InChI=1S/C17H26O3/c1-17(11-16(18)19-2)14-9-5-3-7-12(14)13-8-4-6-10-15(13)20-17/h3,7,12-15H,4-6,8-11H2,1-2H3/t12-,13+,14-,15+,17-/m0/s1. The highest BCUT2D eigenvalue weighted by Gasteiger charge is 2.52. The summed E-state index contributed by atoms with van der Waals surface area (Å²) in [6, 6.07) is 0. The summed E-state index contributed by atoms with van der Waals surface area (Å²) in [6.45, 7) is 2.13. The third kappa shape index (κ3) is 2.41. The normalized spacial score (nSPS) is 43.5. The minimum absolute atomic E-state index is 0.143. The van der Waals surface area contributed by atoms with Crippen LogP contribution in [-0.2, 0) is 14.3 Å². The quantitative estimate of drug-likeness (QED) is 0.573. The molecule has 0 bridgehead atoms. The highest BCUT2D eigenvalue weighted by Crippen LogP contribution is 2.51. The minimum Gasteiger partial charge on any atom is -0.469 e. The lowest BCUT2D eigenvalue weighted by Gasteiger charge is -2.54. The van der Waals surface area contributed by atoms with Gasteiger partial charge in [-0.1, -0.05) is 25.0 Å². The second-order valence-corrected chi connectivity index (χ2v) is 6.86. The molecule has 1 saturated heterocycles. The van der Waals surface area contributed by atoms with Crippen molar-refractivity contribution in [3.8, 4) is 0 Å². The molecule has 3 heteroatoms. The van der Waals surface area contributed by atoms with Gasteiger partial charge < -0.3 is 9.47 Å². The predicted octanol–water partition coefficient (Wildman–Crippen LogP) is 3.48. The van der Waals surface area contributed by atoms with Crippen molar-refractivity contribution < 1.29 is 14.3 Å². The molecular formula is C17H26O3. The zero-order chi connectivity index (χ0) is 14.2. The summed E-state index contributed by atoms with van der Waals surface area (Å²) in [5.74, 6) is 1.58. The van der Waals surface area contributed by atoms with E-state index in [9.17, 15) is 4.79 Å². The first kappa shape index (κ1) is 14.1. The molecule has 0 amide bonds. The van der Waals surface area contributed by atoms with Gasteiger partial charge in [-0.25, -0.2) is 0 Å². The highest BCUT2D eigenvalue weighted by molar-refractivity contribution is 5.70. The number of rotatable bonds is 2. The molecule has 3 aliphatic rings. The molecule has 0 aromatic carbocycles. The molecule has 20 heavy (non-hydrogen) atoms. The summed E-state index contributed by atoms with van der Waals surface area (Å²) in [7, 11) is 1.47. The smallest absolute Gasteiger partial charge is 0.308 e. The van der Waals surface area contributed by atoms with Crippen LogP contribution < -0.4 is 0 Å². The fraction of sp³-hybridized carbons (Fsp3) is 0.824. The number of esters is 1. The molecule has 0 spiro atoms. The second kappa shape index (κ2) is 5.51. The van der Waals surface area contributed by atoms with E-state index in [0.29, 0.717) is 30.3 Å². The van der Waals surface area contributed by atoms with Crippen LogP contribution in [0.2, 0.25) is 0 Å². The molecule has 0 radical (unpaired) electrons. The lowest BCUT2D eigenvalue weighted by Crippen LogP contribution is -2.56. The van der Waals surface area contributed by atoms with Crippen molar-refractivity contribution in [3.05, 3.63) is 12.2 Å². The Balaban J connectivity index is 1.87. The number of methoxy groups -OCH3 is 1. The van der Waals surface area contributed by atoms with E-state index in [0.717, 1.165) is 19.3 Å². The van der Waals surface area contributed by atoms with Gasteiger partial charge in [0.25, 0.3) is 0 Å². The van der Waals surface area contributed by atoms with Crippen LogP contribution in [0.15, 0.2) is 12.2 Å². The van der Waals surface area contributed by atoms with Gasteiger partial charge in [0.15, 0.2) is 0 Å². The first-order valence-electron chi connectivity index (χ1n) is 8.05. The molecule has 3 rings (SSSR count). The number of carbonyl (C=O) groups excluding carboxylic acids is 1. The van der Waals surface area contributed by atoms with Gasteiger partial charge in [0.05, 0.1) is 25.2 Å². The lowest BCUT2D eigenvalue weighted by molar-refractivity contribution is -0.213. The van der Waals surface area contributed by atoms with Crippen LogP contribution in [0.3, 0.4) is 0 Å². The summed E-state index contributed by atoms with van der Waals surface area (Å²) >= 11 is 0. The van der Waals surface area contributed by atoms with Gasteiger partial charge in [0, 0.05) is 0 Å². The van der Waals surface area contributed by atoms with Crippen LogP contribution in [0.5, 0.6) is 0 Å². The van der Waals surface area contributed by atoms with E-state index in [1.54, 1.807) is 0 Å². The van der Waals surface area contributed by atoms with Crippen molar-refractivity contribution in [2.75, 3.05) is 7.11 Å². The highest BCUT2D eigenvalue weighted by atomic mass is 16.5. The lowest BCUT2D eigenvalue weighted by atomic mass is 9.61. The number of hydrogen-bond acceptors (Lipinski definition) is 3. The Morgan fingerprint density at radius 2 is 2.15 bits per heavy atom. The average molecular weight is 278 g/mol. The van der Waals surface area contributed by atoms with Gasteiger partial charge in [0.1, 0.15) is 0 Å². The number of fused-ring (bicyclic) bond motifs is 3. The number of carbonyl (C=O) groups is 1. The molecule has 0 N–H and O–H groups in total. The third-order valence-corrected chi connectivity index (χ3v) is 5.64. The van der Waals surface area contributed by atoms with Gasteiger partial charge in [-0.2, -0.15) is 0 Å². The Kier molecular flexibility index (Phi) is 3.89. The number of hydrogen-bond donors (Lipinski definition) is 0. The number of ether oxygens (including phenoxy) is 2. The van der Waals surface area contributed by atoms with Crippen molar-refractivity contribution in [2.24, 2.45) is 17.8 Å². The van der Waals surface area contributed by atoms with Gasteiger partial charge in [-0.3, -0.25) is 4.79 Å². The van der Waals surface area contributed by atoms with E-state index in [1.165, 1.54) is 26.4 Å². The molecule has 0 aromatic heterocycles. The summed E-state index contributed by atoms with van der Waals surface area (Å²) in [6.07, 6.45) is 12.7. The molecule has 3 nitrogen and oxygen atoms in total. The fourth-order valence-electron chi connectivity index (χ4n) is 4.69. The number of allylic oxidation sites excluding steroid dienone is 2. The summed E-state index contributed by atoms with van der Waals surface area (Å²) < 4.78 is 11.4. The Labute approximate surface area is 121 Å². The maximum absolute atomic E-state index is 11.8. The Morgan fingerprint density at radius 1 is 1.35 bits per heavy atom. The first-order valence-corrected chi connectivity index (χ1v) is 8.05. The minimum atomic E-state index is -0.346. The molecule has 0 aromatic rings. The Bertz CT molecular complexity index is 403. The molecule has 0 unspecified atom stereocenters. The summed E-state index contributed by atoms with van der Waals surface area (Å²) in [5.41, 5.74) is -0.346. The van der Waals surface area contributed by atoms with E-state index >= 15 is 0 Å². The van der Waals surface area contributed by atoms with E-state index in [4.69, 9.17) is 9.47 Å². The van der Waals surface area contributed by atoms with Crippen LogP contribution in [0.4, 0.5) is 0 Å². The van der Waals surface area contributed by atoms with E-state index in [2.05, 4.69) is 19.1 Å². The van der Waals surface area contributed by atoms with Crippen molar-refractivity contribution in [1.82, 2.24) is 0 Å². The molecule has 1 aliphatic heterocycles. The second-order valence-electron chi connectivity index (χ2n) is 6.86. The van der Waals surface area contributed by atoms with Gasteiger partial charge >= 0.3 is 5.97 Å². The van der Waals surface area contributed by atoms with Crippen LogP contribution in [0.25, 0.3) is 0 Å². The van der Waals surface area contributed by atoms with Gasteiger partial charge in [0.2, 0.25) is 0 Å². The maximum atomic E-state index is 11.8. The Hall–Kier alpha value is -0.830. The third-order valence-electron chi connectivity index (χ3n) is 5.64. The van der Waals surface area contributed by atoms with Crippen LogP contribution in [0, 0.1) is 17.8 Å². The zero-order valence-corrected chi connectivity index (χ0v) is 12.6. The van der Waals surface area contributed by atoms with Crippen LogP contribution in [0.1, 0.15) is 51.9 Å². The molecule has 1 heterocycles. The topological polar surface area (TPSA) is 35.5 Å². The van der Waals surface area contributed by atoms with Crippen molar-refractivity contribution in [3.63, 3.8) is 0 Å². The molecule has 2 aliphatic carbocycles. The van der Waals surface area contributed by atoms with Gasteiger partial charge in [-0.05, 0) is 50.4 Å². The first-order chi connectivity index (χ1) is 9.64.